The van der Waals surface area contributed by atoms with Crippen LogP contribution in [0.5, 0.6) is 5.75 Å². The Balaban J connectivity index is 0.00000400. The second-order valence-electron chi connectivity index (χ2n) is 9.34. The number of rotatable bonds is 14. The Hall–Kier alpha value is -3.18. The molecule has 1 aliphatic heterocycles. The molecule has 2 aromatic rings. The fourth-order valence-corrected chi connectivity index (χ4v) is 4.70. The van der Waals surface area contributed by atoms with E-state index < -0.39 is 23.4 Å². The first kappa shape index (κ1) is 34.8. The lowest BCUT2D eigenvalue weighted by Crippen LogP contribution is -2.36. The Bertz CT molecular complexity index is 1190. The van der Waals surface area contributed by atoms with Crippen LogP contribution in [0.4, 0.5) is 5.69 Å². The fourth-order valence-electron chi connectivity index (χ4n) is 4.70. The highest BCUT2D eigenvalue weighted by molar-refractivity contribution is 6.05. The van der Waals surface area contributed by atoms with Crippen molar-refractivity contribution < 1.29 is 29.0 Å². The van der Waals surface area contributed by atoms with E-state index in [0.717, 1.165) is 29.5 Å². The van der Waals surface area contributed by atoms with Crippen LogP contribution in [-0.4, -0.2) is 61.5 Å². The zero-order chi connectivity index (χ0) is 27.7. The number of hydrogen-bond acceptors (Lipinski definition) is 8. The van der Waals surface area contributed by atoms with Gasteiger partial charge in [0.25, 0.3) is 0 Å². The number of esters is 1. The van der Waals surface area contributed by atoms with Gasteiger partial charge in [0.15, 0.2) is 0 Å². The third-order valence-corrected chi connectivity index (χ3v) is 6.74. The normalized spacial score (nSPS) is 15.9. The van der Waals surface area contributed by atoms with E-state index in [9.17, 15) is 19.5 Å². The van der Waals surface area contributed by atoms with Crippen molar-refractivity contribution in [1.29, 1.82) is 0 Å². The van der Waals surface area contributed by atoms with E-state index in [1.165, 1.54) is 0 Å². The molecule has 0 saturated heterocycles. The maximum atomic E-state index is 12.4. The third-order valence-electron chi connectivity index (χ3n) is 6.74. The summed E-state index contributed by atoms with van der Waals surface area (Å²) < 4.78 is 10.5. The number of ether oxygens (including phenoxy) is 2. The number of carbonyl (C=O) groups excluding carboxylic acids is 2. The topological polar surface area (TPSA) is 166 Å². The van der Waals surface area contributed by atoms with Gasteiger partial charge in [-0.2, -0.15) is 0 Å². The summed E-state index contributed by atoms with van der Waals surface area (Å²) in [4.78, 5) is 40.9. The summed E-state index contributed by atoms with van der Waals surface area (Å²) in [7, 11) is 1.56. The Morgan fingerprint density at radius 3 is 2.42 bits per heavy atom. The molecule has 0 aromatic heterocycles. The van der Waals surface area contributed by atoms with E-state index >= 15 is 0 Å². The number of nitrogens with zero attached hydrogens (tertiary/aromatic N) is 1. The lowest BCUT2D eigenvalue weighted by atomic mass is 9.70. The summed E-state index contributed by atoms with van der Waals surface area (Å²) in [5.41, 5.74) is 14.0. The van der Waals surface area contributed by atoms with Crippen LogP contribution in [0.25, 0.3) is 0 Å². The Labute approximate surface area is 246 Å². The number of hydrogen-bond donors (Lipinski definition) is 4. The SMILES string of the molecule is COc1ccc2c(c1)C(CC(=O)O)(c1ccc(CC(=O)NCCOC(=O)C(N)CCCCN)cc1)C(C)=N2.Cl.Cl. The molecule has 2 atom stereocenters. The molecule has 220 valence electrons. The first-order chi connectivity index (χ1) is 18.2. The van der Waals surface area contributed by atoms with Crippen molar-refractivity contribution in [3.63, 3.8) is 0 Å². The van der Waals surface area contributed by atoms with E-state index in [-0.39, 0.29) is 56.7 Å². The molecule has 2 unspecified atom stereocenters. The number of methoxy groups -OCH3 is 1. The Morgan fingerprint density at radius 2 is 1.80 bits per heavy atom. The number of nitrogens with one attached hydrogen (secondary N) is 1. The highest BCUT2D eigenvalue weighted by atomic mass is 35.5. The summed E-state index contributed by atoms with van der Waals surface area (Å²) in [6.07, 6.45) is 2.02. The van der Waals surface area contributed by atoms with Gasteiger partial charge < -0.3 is 31.4 Å². The van der Waals surface area contributed by atoms with Gasteiger partial charge in [0.1, 0.15) is 18.4 Å². The molecule has 1 aliphatic rings. The monoisotopic (exact) mass is 596 g/mol. The number of unbranched alkanes of at least 4 members (excludes halogenated alkanes) is 1. The minimum atomic E-state index is -0.948. The van der Waals surface area contributed by atoms with Crippen LogP contribution in [0.1, 0.15) is 49.3 Å². The molecule has 0 spiro atoms. The molecule has 3 rings (SSSR count). The van der Waals surface area contributed by atoms with Gasteiger partial charge >= 0.3 is 11.9 Å². The highest BCUT2D eigenvalue weighted by Crippen LogP contribution is 2.48. The number of fused-ring (bicyclic) bond motifs is 1. The van der Waals surface area contributed by atoms with Gasteiger partial charge in [0.05, 0.1) is 37.6 Å². The van der Waals surface area contributed by atoms with Gasteiger partial charge in [0.2, 0.25) is 5.91 Å². The van der Waals surface area contributed by atoms with Gasteiger partial charge in [-0.05, 0) is 61.2 Å². The zero-order valence-electron chi connectivity index (χ0n) is 22.7. The molecule has 2 aromatic carbocycles. The van der Waals surface area contributed by atoms with Crippen LogP contribution in [0.15, 0.2) is 47.5 Å². The van der Waals surface area contributed by atoms with Gasteiger partial charge in [-0.25, -0.2) is 0 Å². The number of carboxylic acid groups (broad SMARTS) is 1. The number of carbonyl (C=O) groups is 3. The van der Waals surface area contributed by atoms with E-state index in [1.54, 1.807) is 13.2 Å². The maximum absolute atomic E-state index is 12.4. The van der Waals surface area contributed by atoms with Crippen molar-refractivity contribution in [1.82, 2.24) is 5.32 Å². The smallest absolute Gasteiger partial charge is 0.322 e. The highest BCUT2D eigenvalue weighted by Gasteiger charge is 2.45. The number of aliphatic carboxylic acids is 1. The molecule has 0 aliphatic carbocycles. The molecule has 0 fully saturated rings. The zero-order valence-corrected chi connectivity index (χ0v) is 24.3. The first-order valence-electron chi connectivity index (χ1n) is 12.7. The molecule has 6 N–H and O–H groups in total. The van der Waals surface area contributed by atoms with Crippen LogP contribution < -0.4 is 21.5 Å². The Morgan fingerprint density at radius 1 is 1.10 bits per heavy atom. The maximum Gasteiger partial charge on any atom is 0.322 e. The minimum Gasteiger partial charge on any atom is -0.497 e. The average Bonchev–Trinajstić information content (AvgIpc) is 3.17. The van der Waals surface area contributed by atoms with Gasteiger partial charge in [0, 0.05) is 5.71 Å². The second kappa shape index (κ2) is 16.2. The van der Waals surface area contributed by atoms with E-state index in [0.29, 0.717) is 30.1 Å². The van der Waals surface area contributed by atoms with Gasteiger partial charge in [-0.15, -0.1) is 24.8 Å². The molecule has 0 saturated carbocycles. The number of amides is 1. The van der Waals surface area contributed by atoms with Crippen molar-refractivity contribution in [2.45, 2.75) is 50.5 Å². The molecule has 1 amide bonds. The second-order valence-corrected chi connectivity index (χ2v) is 9.34. The van der Waals surface area contributed by atoms with Crippen molar-refractivity contribution in [2.24, 2.45) is 16.5 Å². The molecule has 10 nitrogen and oxygen atoms in total. The molecular weight excluding hydrogens is 559 g/mol. The van der Waals surface area contributed by atoms with E-state index in [4.69, 9.17) is 20.9 Å². The largest absolute Gasteiger partial charge is 0.497 e. The molecular formula is C28H38Cl2N4O6. The first-order valence-corrected chi connectivity index (χ1v) is 12.7. The van der Waals surface area contributed by atoms with Crippen LogP contribution in [-0.2, 0) is 31.0 Å². The van der Waals surface area contributed by atoms with Crippen LogP contribution in [0.3, 0.4) is 0 Å². The summed E-state index contributed by atoms with van der Waals surface area (Å²) in [6, 6.07) is 12.1. The summed E-state index contributed by atoms with van der Waals surface area (Å²) >= 11 is 0. The van der Waals surface area contributed by atoms with Crippen molar-refractivity contribution in [2.75, 3.05) is 26.8 Å². The number of halogens is 2. The minimum absolute atomic E-state index is 0. The van der Waals surface area contributed by atoms with Crippen molar-refractivity contribution >= 4 is 54.1 Å². The van der Waals surface area contributed by atoms with Crippen LogP contribution in [0, 0.1) is 0 Å². The number of carboxylic acids is 1. The molecule has 0 radical (unpaired) electrons. The molecule has 40 heavy (non-hydrogen) atoms. The molecule has 0 bridgehead atoms. The van der Waals surface area contributed by atoms with Crippen molar-refractivity contribution in [3.05, 3.63) is 59.2 Å². The average molecular weight is 598 g/mol. The van der Waals surface area contributed by atoms with Crippen molar-refractivity contribution in [3.8, 4) is 5.75 Å². The summed E-state index contributed by atoms with van der Waals surface area (Å²) in [6.45, 7) is 2.59. The van der Waals surface area contributed by atoms with Crippen LogP contribution >= 0.6 is 24.8 Å². The van der Waals surface area contributed by atoms with E-state index in [2.05, 4.69) is 10.3 Å². The predicted octanol–water partition coefficient (Wildman–Crippen LogP) is 3.06. The standard InChI is InChI=1S/C28H36N4O6.2ClH/c1-18-28(17-26(34)35,22-16-21(37-2)10-11-24(22)32-18)20-8-6-19(7-9-20)15-25(33)31-13-14-38-27(36)23(30)5-3-4-12-29;;/h6-11,16,23H,3-5,12-15,17,29-30H2,1-2H3,(H,31,33)(H,34,35);2*1H. The lowest BCUT2D eigenvalue weighted by Gasteiger charge is -2.30. The third kappa shape index (κ3) is 8.41. The van der Waals surface area contributed by atoms with E-state index in [1.807, 2.05) is 43.3 Å². The number of benzene rings is 2. The summed E-state index contributed by atoms with van der Waals surface area (Å²) in [5.74, 6) is -1.05. The van der Waals surface area contributed by atoms with Gasteiger partial charge in [-0.1, -0.05) is 30.7 Å². The predicted molar refractivity (Wildman–Crippen MR) is 158 cm³/mol. The number of nitrogens with two attached hydrogens (primary N) is 2. The molecule has 1 heterocycles. The molecule has 12 heteroatoms. The quantitative estimate of drug-likeness (QED) is 0.191. The Kier molecular flexibility index (Phi) is 14.1. The van der Waals surface area contributed by atoms with Crippen LogP contribution in [0.2, 0.25) is 0 Å². The fraction of sp³-hybridized carbons (Fsp3) is 0.429. The summed E-state index contributed by atoms with van der Waals surface area (Å²) in [5, 5.41) is 12.5. The van der Waals surface area contributed by atoms with Gasteiger partial charge in [-0.3, -0.25) is 19.4 Å². The number of aliphatic imine (C=N–C) groups is 1. The lowest BCUT2D eigenvalue weighted by molar-refractivity contribution is -0.145.